The average molecular weight is 289 g/mol. The molecular formula is C10H7BrClNS. The van der Waals surface area contributed by atoms with Gasteiger partial charge in [-0.3, -0.25) is 0 Å². The van der Waals surface area contributed by atoms with Gasteiger partial charge in [0, 0.05) is 5.02 Å². The van der Waals surface area contributed by atoms with Crippen molar-refractivity contribution in [3.63, 3.8) is 0 Å². The Labute approximate surface area is 99.9 Å². The Morgan fingerprint density at radius 2 is 1.93 bits per heavy atom. The van der Waals surface area contributed by atoms with Crippen LogP contribution in [0.4, 0.5) is 0 Å². The van der Waals surface area contributed by atoms with Crippen molar-refractivity contribution < 1.29 is 0 Å². The van der Waals surface area contributed by atoms with Crippen molar-refractivity contribution in [1.29, 1.82) is 0 Å². The minimum absolute atomic E-state index is 0.759. The molecular weight excluding hydrogens is 282 g/mol. The molecule has 0 fully saturated rings. The van der Waals surface area contributed by atoms with Crippen LogP contribution in [0.3, 0.4) is 0 Å². The van der Waals surface area contributed by atoms with Gasteiger partial charge in [0.25, 0.3) is 0 Å². The molecule has 0 aliphatic carbocycles. The Hall–Kier alpha value is -0.380. The summed E-state index contributed by atoms with van der Waals surface area (Å²) in [7, 11) is 0. The fourth-order valence-electron chi connectivity index (χ4n) is 1.23. The van der Waals surface area contributed by atoms with Gasteiger partial charge in [-0.15, -0.1) is 11.3 Å². The molecule has 0 saturated carbocycles. The maximum Gasteiger partial charge on any atom is 0.159 e. The van der Waals surface area contributed by atoms with Gasteiger partial charge in [-0.1, -0.05) is 23.7 Å². The van der Waals surface area contributed by atoms with E-state index in [1.54, 1.807) is 11.3 Å². The summed E-state index contributed by atoms with van der Waals surface area (Å²) < 4.78 is 0.917. The Bertz CT molecular complexity index is 450. The highest BCUT2D eigenvalue weighted by Gasteiger charge is 2.07. The fraction of sp³-hybridized carbons (Fsp3) is 0.100. The molecule has 0 aliphatic heterocycles. The van der Waals surface area contributed by atoms with E-state index in [9.17, 15) is 0 Å². The summed E-state index contributed by atoms with van der Waals surface area (Å²) >= 11 is 10.8. The predicted molar refractivity (Wildman–Crippen MR) is 65.0 cm³/mol. The molecule has 4 heteroatoms. The van der Waals surface area contributed by atoms with Gasteiger partial charge in [0.15, 0.2) is 3.92 Å². The second-order valence-corrected chi connectivity index (χ2v) is 5.60. The molecule has 0 spiro atoms. The normalized spacial score (nSPS) is 10.5. The minimum Gasteiger partial charge on any atom is -0.234 e. The second kappa shape index (κ2) is 4.01. The summed E-state index contributed by atoms with van der Waals surface area (Å²) in [6.07, 6.45) is 0. The van der Waals surface area contributed by atoms with Crippen molar-refractivity contribution in [1.82, 2.24) is 4.98 Å². The zero-order valence-electron chi connectivity index (χ0n) is 7.42. The molecule has 2 rings (SSSR count). The molecule has 0 atom stereocenters. The summed E-state index contributed by atoms with van der Waals surface area (Å²) in [5.74, 6) is 0. The third-order valence-electron chi connectivity index (χ3n) is 1.88. The smallest absolute Gasteiger partial charge is 0.159 e. The van der Waals surface area contributed by atoms with Gasteiger partial charge < -0.3 is 0 Å². The van der Waals surface area contributed by atoms with Crippen molar-refractivity contribution in [3.8, 4) is 10.4 Å². The molecule has 0 amide bonds. The zero-order chi connectivity index (χ0) is 10.1. The Balaban J connectivity index is 2.49. The third kappa shape index (κ3) is 2.00. The Morgan fingerprint density at radius 1 is 1.29 bits per heavy atom. The van der Waals surface area contributed by atoms with Gasteiger partial charge in [-0.05, 0) is 40.5 Å². The van der Waals surface area contributed by atoms with E-state index in [0.29, 0.717) is 0 Å². The number of hydrogen-bond donors (Lipinski definition) is 0. The van der Waals surface area contributed by atoms with Gasteiger partial charge in [-0.25, -0.2) is 4.98 Å². The Kier molecular flexibility index (Phi) is 2.91. The number of nitrogens with zero attached hydrogens (tertiary/aromatic N) is 1. The lowest BCUT2D eigenvalue weighted by Crippen LogP contribution is -1.76. The number of hydrogen-bond acceptors (Lipinski definition) is 2. The zero-order valence-corrected chi connectivity index (χ0v) is 10.6. The highest BCUT2D eigenvalue weighted by Crippen LogP contribution is 2.32. The molecule has 0 aliphatic rings. The van der Waals surface area contributed by atoms with E-state index in [2.05, 4.69) is 20.9 Å². The molecule has 1 aromatic carbocycles. The highest BCUT2D eigenvalue weighted by atomic mass is 79.9. The first-order chi connectivity index (χ1) is 6.66. The van der Waals surface area contributed by atoms with Gasteiger partial charge in [0.1, 0.15) is 0 Å². The van der Waals surface area contributed by atoms with Gasteiger partial charge in [0.05, 0.1) is 10.6 Å². The topological polar surface area (TPSA) is 12.9 Å². The van der Waals surface area contributed by atoms with E-state index in [1.165, 1.54) is 4.88 Å². The van der Waals surface area contributed by atoms with Crippen LogP contribution in [0, 0.1) is 6.92 Å². The summed E-state index contributed by atoms with van der Waals surface area (Å²) in [6.45, 7) is 2.01. The predicted octanol–water partition coefficient (Wildman–Crippen LogP) is 4.53. The van der Waals surface area contributed by atoms with Crippen LogP contribution in [0.2, 0.25) is 5.02 Å². The fourth-order valence-corrected chi connectivity index (χ4v) is 2.91. The number of thiazole rings is 1. The van der Waals surface area contributed by atoms with E-state index in [4.69, 9.17) is 11.6 Å². The lowest BCUT2D eigenvalue weighted by molar-refractivity contribution is 1.24. The van der Waals surface area contributed by atoms with Crippen LogP contribution >= 0.6 is 38.9 Å². The molecule has 2 aromatic rings. The monoisotopic (exact) mass is 287 g/mol. The van der Waals surface area contributed by atoms with Crippen molar-refractivity contribution in [2.75, 3.05) is 0 Å². The van der Waals surface area contributed by atoms with Crippen molar-refractivity contribution in [2.45, 2.75) is 6.92 Å². The van der Waals surface area contributed by atoms with Crippen LogP contribution in [0.15, 0.2) is 28.2 Å². The lowest BCUT2D eigenvalue weighted by Gasteiger charge is -1.97. The van der Waals surface area contributed by atoms with E-state index in [-0.39, 0.29) is 0 Å². The third-order valence-corrected chi connectivity index (χ3v) is 3.79. The molecule has 0 unspecified atom stereocenters. The number of benzene rings is 1. The first kappa shape index (κ1) is 10.1. The quantitative estimate of drug-likeness (QED) is 0.751. The minimum atomic E-state index is 0.759. The number of halogens is 2. The maximum atomic E-state index is 5.82. The first-order valence-electron chi connectivity index (χ1n) is 4.05. The van der Waals surface area contributed by atoms with E-state index >= 15 is 0 Å². The van der Waals surface area contributed by atoms with Crippen molar-refractivity contribution in [3.05, 3.63) is 38.9 Å². The summed E-state index contributed by atoms with van der Waals surface area (Å²) in [5.41, 5.74) is 2.21. The molecule has 0 N–H and O–H groups in total. The molecule has 1 nitrogen and oxygen atoms in total. The summed E-state index contributed by atoms with van der Waals surface area (Å²) in [4.78, 5) is 5.50. The van der Waals surface area contributed by atoms with E-state index in [0.717, 1.165) is 20.2 Å². The van der Waals surface area contributed by atoms with E-state index in [1.807, 2.05) is 31.2 Å². The van der Waals surface area contributed by atoms with Crippen LogP contribution in [0.25, 0.3) is 10.4 Å². The van der Waals surface area contributed by atoms with Crippen LogP contribution in [0.1, 0.15) is 5.69 Å². The first-order valence-corrected chi connectivity index (χ1v) is 6.04. The largest absolute Gasteiger partial charge is 0.234 e. The maximum absolute atomic E-state index is 5.82. The second-order valence-electron chi connectivity index (χ2n) is 2.89. The van der Waals surface area contributed by atoms with Gasteiger partial charge >= 0.3 is 0 Å². The summed E-state index contributed by atoms with van der Waals surface area (Å²) in [6, 6.07) is 7.80. The molecule has 1 aromatic heterocycles. The van der Waals surface area contributed by atoms with E-state index < -0.39 is 0 Å². The molecule has 0 bridgehead atoms. The molecule has 0 saturated heterocycles. The Morgan fingerprint density at radius 3 is 2.43 bits per heavy atom. The average Bonchev–Trinajstić information content (AvgIpc) is 2.47. The number of aromatic nitrogens is 1. The van der Waals surface area contributed by atoms with Gasteiger partial charge in [-0.2, -0.15) is 0 Å². The van der Waals surface area contributed by atoms with Crippen LogP contribution in [-0.4, -0.2) is 4.98 Å². The molecule has 0 radical (unpaired) electrons. The van der Waals surface area contributed by atoms with Crippen LogP contribution in [0.5, 0.6) is 0 Å². The highest BCUT2D eigenvalue weighted by molar-refractivity contribution is 9.11. The van der Waals surface area contributed by atoms with Crippen molar-refractivity contribution >= 4 is 38.9 Å². The molecule has 1 heterocycles. The standard InChI is InChI=1S/C10H7BrClNS/c1-6-9(14-10(11)13-6)7-2-4-8(12)5-3-7/h2-5H,1H3. The van der Waals surface area contributed by atoms with Crippen molar-refractivity contribution in [2.24, 2.45) is 0 Å². The molecule has 72 valence electrons. The van der Waals surface area contributed by atoms with Crippen LogP contribution < -0.4 is 0 Å². The SMILES string of the molecule is Cc1nc(Br)sc1-c1ccc(Cl)cc1. The lowest BCUT2D eigenvalue weighted by atomic mass is 10.2. The number of rotatable bonds is 1. The van der Waals surface area contributed by atoms with Gasteiger partial charge in [0.2, 0.25) is 0 Å². The van der Waals surface area contributed by atoms with Crippen LogP contribution in [-0.2, 0) is 0 Å². The summed E-state index contributed by atoms with van der Waals surface area (Å²) in [5, 5.41) is 0.759. The number of aryl methyl sites for hydroxylation is 1. The molecule has 14 heavy (non-hydrogen) atoms.